The van der Waals surface area contributed by atoms with E-state index < -0.39 is 6.04 Å². The minimum absolute atomic E-state index is 0.0205. The minimum atomic E-state index is -0.708. The second-order valence-corrected chi connectivity index (χ2v) is 7.69. The van der Waals surface area contributed by atoms with Crippen molar-refractivity contribution in [3.63, 3.8) is 0 Å². The Balaban J connectivity index is 1.55. The second-order valence-electron chi connectivity index (χ2n) is 7.25. The van der Waals surface area contributed by atoms with Crippen molar-refractivity contribution < 1.29 is 14.3 Å². The maximum Gasteiger partial charge on any atom is 0.250 e. The molecule has 1 heterocycles. The number of methoxy groups -OCH3 is 1. The highest BCUT2D eigenvalue weighted by Crippen LogP contribution is 2.35. The van der Waals surface area contributed by atoms with Crippen molar-refractivity contribution in [1.29, 1.82) is 0 Å². The van der Waals surface area contributed by atoms with Crippen molar-refractivity contribution in [2.75, 3.05) is 22.6 Å². The lowest BCUT2D eigenvalue weighted by Crippen LogP contribution is -2.48. The predicted molar refractivity (Wildman–Crippen MR) is 123 cm³/mol. The predicted octanol–water partition coefficient (Wildman–Crippen LogP) is 4.70. The summed E-state index contributed by atoms with van der Waals surface area (Å²) in [7, 11) is 1.56. The van der Waals surface area contributed by atoms with E-state index in [4.69, 9.17) is 16.3 Å². The molecule has 3 aromatic carbocycles. The number of hydrogen-bond donors (Lipinski definition) is 2. The fraction of sp³-hybridized carbons (Fsp3) is 0.167. The Bertz CT molecular complexity index is 1100. The van der Waals surface area contributed by atoms with Gasteiger partial charge in [-0.3, -0.25) is 9.59 Å². The van der Waals surface area contributed by atoms with E-state index in [-0.39, 0.29) is 18.2 Å². The summed E-state index contributed by atoms with van der Waals surface area (Å²) >= 11 is 6.18. The van der Waals surface area contributed by atoms with Gasteiger partial charge in [0.1, 0.15) is 11.8 Å². The molecule has 2 amide bonds. The van der Waals surface area contributed by atoms with E-state index in [1.807, 2.05) is 36.4 Å². The maximum absolute atomic E-state index is 13.3. The molecular formula is C24H22ClN3O3. The van der Waals surface area contributed by atoms with Crippen LogP contribution in [0.1, 0.15) is 12.0 Å². The smallest absolute Gasteiger partial charge is 0.250 e. The molecular weight excluding hydrogens is 414 g/mol. The second kappa shape index (κ2) is 9.10. The van der Waals surface area contributed by atoms with E-state index >= 15 is 0 Å². The Labute approximate surface area is 185 Å². The Morgan fingerprint density at radius 1 is 1.10 bits per heavy atom. The largest absolute Gasteiger partial charge is 0.497 e. The molecule has 1 aliphatic rings. The topological polar surface area (TPSA) is 70.7 Å². The number of amides is 2. The maximum atomic E-state index is 13.3. The molecule has 0 fully saturated rings. The van der Waals surface area contributed by atoms with Crippen LogP contribution in [0.5, 0.6) is 5.75 Å². The fourth-order valence-corrected chi connectivity index (χ4v) is 3.75. The fourth-order valence-electron chi connectivity index (χ4n) is 3.58. The number of halogens is 1. The summed E-state index contributed by atoms with van der Waals surface area (Å²) in [5.41, 5.74) is 3.07. The van der Waals surface area contributed by atoms with Gasteiger partial charge >= 0.3 is 0 Å². The first kappa shape index (κ1) is 20.8. The quantitative estimate of drug-likeness (QED) is 0.588. The van der Waals surface area contributed by atoms with Crippen LogP contribution in [0.25, 0.3) is 0 Å². The van der Waals surface area contributed by atoms with Crippen LogP contribution >= 0.6 is 11.6 Å². The van der Waals surface area contributed by atoms with Crippen LogP contribution in [0.3, 0.4) is 0 Å². The summed E-state index contributed by atoms with van der Waals surface area (Å²) in [5, 5.41) is 6.57. The molecule has 0 saturated carbocycles. The SMILES string of the molecule is COc1cccc(NC(=O)C[C@H]2Nc3cc(Cl)ccc3N(Cc3ccccc3)C2=O)c1. The highest BCUT2D eigenvalue weighted by atomic mass is 35.5. The van der Waals surface area contributed by atoms with E-state index in [9.17, 15) is 9.59 Å². The average Bonchev–Trinajstić information content (AvgIpc) is 2.77. The van der Waals surface area contributed by atoms with Gasteiger partial charge in [-0.05, 0) is 35.9 Å². The van der Waals surface area contributed by atoms with Crippen LogP contribution in [0.15, 0.2) is 72.8 Å². The molecule has 0 radical (unpaired) electrons. The van der Waals surface area contributed by atoms with E-state index in [1.54, 1.807) is 48.4 Å². The molecule has 0 aromatic heterocycles. The Hall–Kier alpha value is -3.51. The number of hydrogen-bond acceptors (Lipinski definition) is 4. The summed E-state index contributed by atoms with van der Waals surface area (Å²) in [5.74, 6) is 0.200. The zero-order valence-electron chi connectivity index (χ0n) is 17.0. The molecule has 4 rings (SSSR count). The molecule has 6 nitrogen and oxygen atoms in total. The lowest BCUT2D eigenvalue weighted by Gasteiger charge is -2.35. The Morgan fingerprint density at radius 2 is 1.90 bits per heavy atom. The third-order valence-electron chi connectivity index (χ3n) is 5.07. The van der Waals surface area contributed by atoms with Gasteiger partial charge in [-0.1, -0.05) is 48.0 Å². The molecule has 3 aromatic rings. The van der Waals surface area contributed by atoms with Crippen molar-refractivity contribution in [3.05, 3.63) is 83.4 Å². The summed E-state index contributed by atoms with van der Waals surface area (Å²) < 4.78 is 5.19. The Kier molecular flexibility index (Phi) is 6.09. The first-order chi connectivity index (χ1) is 15.0. The standard InChI is InChI=1S/C24H22ClN3O3/c1-31-19-9-5-8-18(13-19)26-23(29)14-21-24(30)28(15-16-6-3-2-4-7-16)22-11-10-17(25)12-20(22)27-21/h2-13,21,27H,14-15H2,1H3,(H,26,29)/t21-/m1/s1. The van der Waals surface area contributed by atoms with Gasteiger partial charge in [0.2, 0.25) is 11.8 Å². The first-order valence-electron chi connectivity index (χ1n) is 9.89. The van der Waals surface area contributed by atoms with E-state index in [2.05, 4.69) is 10.6 Å². The molecule has 158 valence electrons. The summed E-state index contributed by atoms with van der Waals surface area (Å²) in [6, 6.07) is 21.5. The Morgan fingerprint density at radius 3 is 2.68 bits per heavy atom. The van der Waals surface area contributed by atoms with Gasteiger partial charge in [-0.15, -0.1) is 0 Å². The van der Waals surface area contributed by atoms with Crippen LogP contribution in [0, 0.1) is 0 Å². The molecule has 0 saturated heterocycles. The van der Waals surface area contributed by atoms with Crippen LogP contribution in [-0.4, -0.2) is 25.0 Å². The van der Waals surface area contributed by atoms with Crippen molar-refractivity contribution in [2.45, 2.75) is 19.0 Å². The summed E-state index contributed by atoms with van der Waals surface area (Å²) in [6.45, 7) is 0.407. The number of nitrogens with zero attached hydrogens (tertiary/aromatic N) is 1. The number of rotatable bonds is 6. The normalized spacial score (nSPS) is 15.1. The summed E-state index contributed by atoms with van der Waals surface area (Å²) in [6.07, 6.45) is -0.0205. The van der Waals surface area contributed by atoms with Gasteiger partial charge in [0.25, 0.3) is 0 Å². The number of ether oxygens (including phenoxy) is 1. The van der Waals surface area contributed by atoms with Crippen molar-refractivity contribution in [2.24, 2.45) is 0 Å². The number of benzene rings is 3. The van der Waals surface area contributed by atoms with E-state index in [1.165, 1.54) is 0 Å². The molecule has 1 atom stereocenters. The van der Waals surface area contributed by atoms with Crippen LogP contribution in [0.2, 0.25) is 5.02 Å². The number of carbonyl (C=O) groups is 2. The van der Waals surface area contributed by atoms with Crippen molar-refractivity contribution in [1.82, 2.24) is 0 Å². The third-order valence-corrected chi connectivity index (χ3v) is 5.30. The molecule has 0 spiro atoms. The van der Waals surface area contributed by atoms with Crippen LogP contribution in [0.4, 0.5) is 17.1 Å². The monoisotopic (exact) mass is 435 g/mol. The van der Waals surface area contributed by atoms with Crippen molar-refractivity contribution >= 4 is 40.5 Å². The van der Waals surface area contributed by atoms with Gasteiger partial charge in [0, 0.05) is 16.8 Å². The molecule has 7 heteroatoms. The highest BCUT2D eigenvalue weighted by molar-refractivity contribution is 6.31. The zero-order valence-corrected chi connectivity index (χ0v) is 17.7. The van der Waals surface area contributed by atoms with Gasteiger partial charge in [0.05, 0.1) is 31.5 Å². The van der Waals surface area contributed by atoms with Gasteiger partial charge < -0.3 is 20.3 Å². The molecule has 0 unspecified atom stereocenters. The summed E-state index contributed by atoms with van der Waals surface area (Å²) in [4.78, 5) is 27.7. The molecule has 0 bridgehead atoms. The van der Waals surface area contributed by atoms with Crippen LogP contribution in [-0.2, 0) is 16.1 Å². The van der Waals surface area contributed by atoms with E-state index in [0.717, 1.165) is 16.9 Å². The lowest BCUT2D eigenvalue weighted by atomic mass is 10.0. The third kappa shape index (κ3) is 4.81. The van der Waals surface area contributed by atoms with Gasteiger partial charge in [0.15, 0.2) is 0 Å². The van der Waals surface area contributed by atoms with Gasteiger partial charge in [-0.25, -0.2) is 0 Å². The molecule has 1 aliphatic heterocycles. The average molecular weight is 436 g/mol. The van der Waals surface area contributed by atoms with Gasteiger partial charge in [-0.2, -0.15) is 0 Å². The highest BCUT2D eigenvalue weighted by Gasteiger charge is 2.34. The van der Waals surface area contributed by atoms with E-state index in [0.29, 0.717) is 23.0 Å². The zero-order chi connectivity index (χ0) is 21.8. The van der Waals surface area contributed by atoms with Crippen LogP contribution < -0.4 is 20.3 Å². The molecule has 31 heavy (non-hydrogen) atoms. The lowest BCUT2D eigenvalue weighted by molar-refractivity contribution is -0.123. The molecule has 2 N–H and O–H groups in total. The minimum Gasteiger partial charge on any atom is -0.497 e. The number of anilines is 3. The number of nitrogens with one attached hydrogen (secondary N) is 2. The number of carbonyl (C=O) groups excluding carboxylic acids is 2. The molecule has 0 aliphatic carbocycles. The van der Waals surface area contributed by atoms with Crippen molar-refractivity contribution in [3.8, 4) is 5.75 Å². The first-order valence-corrected chi connectivity index (χ1v) is 10.3. The number of fused-ring (bicyclic) bond motifs is 1.